The zero-order chi connectivity index (χ0) is 17.5. The summed E-state index contributed by atoms with van der Waals surface area (Å²) in [7, 11) is 0. The van der Waals surface area contributed by atoms with Crippen LogP contribution in [-0.2, 0) is 6.54 Å². The second-order valence-electron chi connectivity index (χ2n) is 5.34. The predicted octanol–water partition coefficient (Wildman–Crippen LogP) is 4.24. The molecule has 0 aliphatic rings. The minimum atomic E-state index is 0.581. The van der Waals surface area contributed by atoms with Crippen LogP contribution in [0.15, 0.2) is 53.7 Å². The molecule has 1 heterocycles. The molecule has 5 nitrogen and oxygen atoms in total. The van der Waals surface area contributed by atoms with Crippen molar-refractivity contribution in [2.75, 3.05) is 12.3 Å². The Kier molecular flexibility index (Phi) is 6.69. The number of tetrazole rings is 1. The highest BCUT2D eigenvalue weighted by Gasteiger charge is 2.08. The number of hydrogen-bond acceptors (Lipinski definition) is 5. The van der Waals surface area contributed by atoms with E-state index in [0.29, 0.717) is 10.0 Å². The number of thioether (sulfide) groups is 1. The van der Waals surface area contributed by atoms with E-state index in [9.17, 15) is 0 Å². The minimum absolute atomic E-state index is 0.581. The summed E-state index contributed by atoms with van der Waals surface area (Å²) in [5.41, 5.74) is 2.09. The van der Waals surface area contributed by atoms with Gasteiger partial charge in [0, 0.05) is 12.3 Å². The first-order valence-electron chi connectivity index (χ1n) is 7.85. The van der Waals surface area contributed by atoms with E-state index in [2.05, 4.69) is 20.8 Å². The fourth-order valence-corrected chi connectivity index (χ4v) is 3.39. The Morgan fingerprint density at radius 2 is 1.88 bits per heavy atom. The van der Waals surface area contributed by atoms with Gasteiger partial charge in [-0.15, -0.1) is 5.10 Å². The van der Waals surface area contributed by atoms with Crippen molar-refractivity contribution in [2.45, 2.75) is 18.1 Å². The number of aromatic nitrogens is 4. The number of hydrogen-bond donors (Lipinski definition) is 1. The van der Waals surface area contributed by atoms with Crippen LogP contribution in [0.4, 0.5) is 0 Å². The SMILES string of the molecule is Clc1ccc(CNCCCSc2nnnn2-c2ccccc2)cc1Cl. The van der Waals surface area contributed by atoms with Gasteiger partial charge in [0.2, 0.25) is 5.16 Å². The molecule has 0 spiro atoms. The second kappa shape index (κ2) is 9.20. The summed E-state index contributed by atoms with van der Waals surface area (Å²) in [6.07, 6.45) is 1.01. The Balaban J connectivity index is 1.41. The largest absolute Gasteiger partial charge is 0.313 e. The van der Waals surface area contributed by atoms with E-state index in [0.717, 1.165) is 41.7 Å². The van der Waals surface area contributed by atoms with Crippen LogP contribution in [0.2, 0.25) is 10.0 Å². The molecule has 0 saturated heterocycles. The molecule has 1 aromatic heterocycles. The smallest absolute Gasteiger partial charge is 0.214 e. The third-order valence-electron chi connectivity index (χ3n) is 3.48. The summed E-state index contributed by atoms with van der Waals surface area (Å²) in [4.78, 5) is 0. The second-order valence-corrected chi connectivity index (χ2v) is 7.21. The van der Waals surface area contributed by atoms with Gasteiger partial charge in [-0.2, -0.15) is 4.68 Å². The van der Waals surface area contributed by atoms with Gasteiger partial charge in [0.15, 0.2) is 0 Å². The highest BCUT2D eigenvalue weighted by Crippen LogP contribution is 2.22. The Bertz CT molecular complexity index is 810. The fourth-order valence-electron chi connectivity index (χ4n) is 2.24. The Hall–Kier alpha value is -1.60. The lowest BCUT2D eigenvalue weighted by atomic mass is 10.2. The van der Waals surface area contributed by atoms with Crippen molar-refractivity contribution in [3.8, 4) is 5.69 Å². The average Bonchev–Trinajstić information content (AvgIpc) is 3.10. The number of halogens is 2. The third-order valence-corrected chi connectivity index (χ3v) is 5.23. The third kappa shape index (κ3) is 5.19. The molecule has 0 saturated carbocycles. The predicted molar refractivity (Wildman–Crippen MR) is 103 cm³/mol. The molecule has 0 atom stereocenters. The van der Waals surface area contributed by atoms with Crippen LogP contribution in [0, 0.1) is 0 Å². The van der Waals surface area contributed by atoms with E-state index in [1.165, 1.54) is 0 Å². The van der Waals surface area contributed by atoms with E-state index in [-0.39, 0.29) is 0 Å². The summed E-state index contributed by atoms with van der Waals surface area (Å²) in [5, 5.41) is 17.3. The standard InChI is InChI=1S/C17H17Cl2N5S/c18-15-8-7-13(11-16(15)19)12-20-9-4-10-25-17-21-22-23-24(17)14-5-2-1-3-6-14/h1-3,5-8,11,20H,4,9-10,12H2. The van der Waals surface area contributed by atoms with Crippen LogP contribution < -0.4 is 5.32 Å². The molecule has 25 heavy (non-hydrogen) atoms. The zero-order valence-electron chi connectivity index (χ0n) is 13.4. The molecular weight excluding hydrogens is 377 g/mol. The lowest BCUT2D eigenvalue weighted by Gasteiger charge is -2.06. The van der Waals surface area contributed by atoms with E-state index >= 15 is 0 Å². The van der Waals surface area contributed by atoms with Gasteiger partial charge >= 0.3 is 0 Å². The number of para-hydroxylation sites is 1. The van der Waals surface area contributed by atoms with Crippen molar-refractivity contribution in [1.29, 1.82) is 0 Å². The summed E-state index contributed by atoms with van der Waals surface area (Å²) >= 11 is 13.6. The number of benzene rings is 2. The summed E-state index contributed by atoms with van der Waals surface area (Å²) in [5.74, 6) is 0.932. The molecule has 3 rings (SSSR count). The van der Waals surface area contributed by atoms with E-state index in [1.54, 1.807) is 16.4 Å². The minimum Gasteiger partial charge on any atom is -0.313 e. The molecule has 0 bridgehead atoms. The van der Waals surface area contributed by atoms with Crippen molar-refractivity contribution in [1.82, 2.24) is 25.5 Å². The molecule has 8 heteroatoms. The van der Waals surface area contributed by atoms with Gasteiger partial charge in [-0.25, -0.2) is 0 Å². The molecule has 0 radical (unpaired) electrons. The van der Waals surface area contributed by atoms with Gasteiger partial charge in [-0.05, 0) is 53.2 Å². The molecule has 3 aromatic rings. The molecule has 0 aliphatic heterocycles. The van der Waals surface area contributed by atoms with Crippen LogP contribution in [0.3, 0.4) is 0 Å². The van der Waals surface area contributed by atoms with Gasteiger partial charge in [0.05, 0.1) is 15.7 Å². The highest BCUT2D eigenvalue weighted by molar-refractivity contribution is 7.99. The van der Waals surface area contributed by atoms with Crippen molar-refractivity contribution in [3.05, 3.63) is 64.1 Å². The lowest BCUT2D eigenvalue weighted by molar-refractivity contribution is 0.678. The van der Waals surface area contributed by atoms with Crippen LogP contribution in [-0.4, -0.2) is 32.5 Å². The normalized spacial score (nSPS) is 11.0. The maximum absolute atomic E-state index is 6.01. The zero-order valence-corrected chi connectivity index (χ0v) is 15.7. The molecule has 0 unspecified atom stereocenters. The van der Waals surface area contributed by atoms with Gasteiger partial charge in [0.25, 0.3) is 0 Å². The molecule has 130 valence electrons. The monoisotopic (exact) mass is 393 g/mol. The molecule has 0 aliphatic carbocycles. The van der Waals surface area contributed by atoms with Crippen LogP contribution in [0.5, 0.6) is 0 Å². The van der Waals surface area contributed by atoms with Crippen molar-refractivity contribution >= 4 is 35.0 Å². The Labute approximate surface area is 160 Å². The van der Waals surface area contributed by atoms with Gasteiger partial charge in [-0.3, -0.25) is 0 Å². The first-order chi connectivity index (χ1) is 12.2. The molecule has 0 fully saturated rings. The molecule has 0 amide bonds. The van der Waals surface area contributed by atoms with E-state index in [4.69, 9.17) is 23.2 Å². The summed E-state index contributed by atoms with van der Waals surface area (Å²) in [6.45, 7) is 1.67. The van der Waals surface area contributed by atoms with E-state index in [1.807, 2.05) is 48.5 Å². The lowest BCUT2D eigenvalue weighted by Crippen LogP contribution is -2.15. The van der Waals surface area contributed by atoms with Crippen molar-refractivity contribution in [3.63, 3.8) is 0 Å². The quantitative estimate of drug-likeness (QED) is 0.458. The summed E-state index contributed by atoms with van der Waals surface area (Å²) in [6, 6.07) is 15.6. The topological polar surface area (TPSA) is 55.6 Å². The number of nitrogens with zero attached hydrogens (tertiary/aromatic N) is 4. The first-order valence-corrected chi connectivity index (χ1v) is 9.59. The van der Waals surface area contributed by atoms with Gasteiger partial charge in [0.1, 0.15) is 0 Å². The maximum Gasteiger partial charge on any atom is 0.214 e. The van der Waals surface area contributed by atoms with Crippen molar-refractivity contribution < 1.29 is 0 Å². The molecular formula is C17H17Cl2N5S. The van der Waals surface area contributed by atoms with Crippen molar-refractivity contribution in [2.24, 2.45) is 0 Å². The highest BCUT2D eigenvalue weighted by atomic mass is 35.5. The summed E-state index contributed by atoms with van der Waals surface area (Å²) < 4.78 is 1.76. The maximum atomic E-state index is 6.01. The number of rotatable bonds is 8. The number of nitrogens with one attached hydrogen (secondary N) is 1. The Morgan fingerprint density at radius 3 is 2.68 bits per heavy atom. The Morgan fingerprint density at radius 1 is 1.04 bits per heavy atom. The first kappa shape index (κ1) is 18.2. The van der Waals surface area contributed by atoms with E-state index < -0.39 is 0 Å². The molecule has 2 aromatic carbocycles. The molecule has 1 N–H and O–H groups in total. The van der Waals surface area contributed by atoms with Gasteiger partial charge < -0.3 is 5.32 Å². The average molecular weight is 394 g/mol. The van der Waals surface area contributed by atoms with Crippen LogP contribution in [0.1, 0.15) is 12.0 Å². The van der Waals surface area contributed by atoms with Gasteiger partial charge in [-0.1, -0.05) is 59.2 Å². The van der Waals surface area contributed by atoms with Crippen LogP contribution >= 0.6 is 35.0 Å². The van der Waals surface area contributed by atoms with Crippen LogP contribution in [0.25, 0.3) is 5.69 Å². The fraction of sp³-hybridized carbons (Fsp3) is 0.235.